The molecule has 2 aliphatic carbocycles. The van der Waals surface area contributed by atoms with Gasteiger partial charge in [-0.25, -0.2) is 0 Å². The van der Waals surface area contributed by atoms with Crippen molar-refractivity contribution in [2.75, 3.05) is 7.11 Å². The zero-order chi connectivity index (χ0) is 16.9. The first-order valence-corrected chi connectivity index (χ1v) is 8.22. The summed E-state index contributed by atoms with van der Waals surface area (Å²) in [6.07, 6.45) is 2.63. The fraction of sp³-hybridized carbons (Fsp3) is 0.875. The molecule has 4 atom stereocenters. The normalized spacial score (nSPS) is 45.8. The maximum absolute atomic E-state index is 12.5. The van der Waals surface area contributed by atoms with Crippen LogP contribution in [-0.2, 0) is 19.1 Å². The Labute approximate surface area is 134 Å². The van der Waals surface area contributed by atoms with Crippen molar-refractivity contribution in [3.8, 4) is 0 Å². The zero-order valence-electron chi connectivity index (χ0n) is 13.3. The SMILES string of the molecule is CO[C@@]1(CCCC(=O)O)O[C@]2(CCCC2=O)[C@]2(O)CCC[C@]12O. The molecule has 23 heavy (non-hydrogen) atoms. The number of Topliss-reactive ketones (excluding diaryl/α,β-unsaturated/α-hetero) is 1. The Morgan fingerprint density at radius 2 is 1.91 bits per heavy atom. The number of aliphatic hydroxyl groups is 2. The van der Waals surface area contributed by atoms with Gasteiger partial charge in [0.2, 0.25) is 5.79 Å². The van der Waals surface area contributed by atoms with Gasteiger partial charge in [-0.05, 0) is 38.5 Å². The maximum Gasteiger partial charge on any atom is 0.303 e. The average Bonchev–Trinajstić information content (AvgIpc) is 3.05. The van der Waals surface area contributed by atoms with Crippen LogP contribution in [0, 0.1) is 0 Å². The maximum atomic E-state index is 12.5. The van der Waals surface area contributed by atoms with E-state index in [-0.39, 0.29) is 37.9 Å². The molecule has 1 aliphatic heterocycles. The van der Waals surface area contributed by atoms with Crippen molar-refractivity contribution in [2.24, 2.45) is 0 Å². The fourth-order valence-corrected chi connectivity index (χ4v) is 4.93. The van der Waals surface area contributed by atoms with Gasteiger partial charge in [-0.1, -0.05) is 0 Å². The number of carbonyl (C=O) groups excluding carboxylic acids is 1. The summed E-state index contributed by atoms with van der Waals surface area (Å²) in [5, 5.41) is 31.4. The van der Waals surface area contributed by atoms with Crippen LogP contribution in [0.25, 0.3) is 0 Å². The first-order valence-electron chi connectivity index (χ1n) is 8.22. The molecule has 130 valence electrons. The summed E-state index contributed by atoms with van der Waals surface area (Å²) in [4.78, 5) is 23.3. The summed E-state index contributed by atoms with van der Waals surface area (Å²) < 4.78 is 11.6. The van der Waals surface area contributed by atoms with Crippen molar-refractivity contribution in [3.63, 3.8) is 0 Å². The predicted octanol–water partition coefficient (Wildman–Crippen LogP) is 0.752. The number of carboxylic acid groups (broad SMARTS) is 1. The highest BCUT2D eigenvalue weighted by molar-refractivity contribution is 5.92. The van der Waals surface area contributed by atoms with Crippen molar-refractivity contribution in [3.05, 3.63) is 0 Å². The van der Waals surface area contributed by atoms with Crippen molar-refractivity contribution in [1.29, 1.82) is 0 Å². The van der Waals surface area contributed by atoms with Crippen LogP contribution in [0.2, 0.25) is 0 Å². The van der Waals surface area contributed by atoms with E-state index < -0.39 is 28.6 Å². The zero-order valence-corrected chi connectivity index (χ0v) is 13.3. The molecule has 1 heterocycles. The minimum Gasteiger partial charge on any atom is -0.481 e. The second-order valence-corrected chi connectivity index (χ2v) is 6.98. The van der Waals surface area contributed by atoms with Crippen LogP contribution < -0.4 is 0 Å². The molecule has 7 nitrogen and oxygen atoms in total. The summed E-state index contributed by atoms with van der Waals surface area (Å²) >= 11 is 0. The number of hydrogen-bond donors (Lipinski definition) is 3. The number of ether oxygens (including phenoxy) is 2. The Hall–Kier alpha value is -1.02. The van der Waals surface area contributed by atoms with E-state index in [1.807, 2.05) is 0 Å². The molecule has 0 bridgehead atoms. The summed E-state index contributed by atoms with van der Waals surface area (Å²) in [5.74, 6) is -2.69. The van der Waals surface area contributed by atoms with Crippen LogP contribution in [0.15, 0.2) is 0 Å². The lowest BCUT2D eigenvalue weighted by atomic mass is 9.71. The van der Waals surface area contributed by atoms with Crippen LogP contribution in [0.5, 0.6) is 0 Å². The van der Waals surface area contributed by atoms with E-state index in [0.29, 0.717) is 25.7 Å². The molecule has 0 aromatic carbocycles. The van der Waals surface area contributed by atoms with Gasteiger partial charge in [-0.15, -0.1) is 0 Å². The number of ketones is 1. The topological polar surface area (TPSA) is 113 Å². The molecule has 0 unspecified atom stereocenters. The Balaban J connectivity index is 2.00. The first kappa shape index (κ1) is 16.8. The Morgan fingerprint density at radius 1 is 1.22 bits per heavy atom. The average molecular weight is 328 g/mol. The van der Waals surface area contributed by atoms with Crippen molar-refractivity contribution in [2.45, 2.75) is 80.4 Å². The molecular formula is C16H24O7. The van der Waals surface area contributed by atoms with Crippen LogP contribution in [0.4, 0.5) is 0 Å². The Morgan fingerprint density at radius 3 is 2.48 bits per heavy atom. The van der Waals surface area contributed by atoms with Crippen LogP contribution in [-0.4, -0.2) is 56.8 Å². The van der Waals surface area contributed by atoms with E-state index in [1.54, 1.807) is 0 Å². The molecule has 0 aromatic heterocycles. The van der Waals surface area contributed by atoms with Gasteiger partial charge >= 0.3 is 5.97 Å². The standard InChI is InChI=1S/C16H24O7/c1-22-16(10-3-6-12(18)19)15(21)9-4-8-14(15,20)13(23-16)7-2-5-11(13)17/h20-21H,2-10H2,1H3,(H,18,19)/t13-,14+,15+,16-/m0/s1. The van der Waals surface area contributed by atoms with Gasteiger partial charge in [0.05, 0.1) is 0 Å². The van der Waals surface area contributed by atoms with Gasteiger partial charge in [-0.3, -0.25) is 9.59 Å². The van der Waals surface area contributed by atoms with Gasteiger partial charge in [0.15, 0.2) is 17.0 Å². The third-order valence-corrected chi connectivity index (χ3v) is 6.01. The smallest absolute Gasteiger partial charge is 0.303 e. The first-order chi connectivity index (χ1) is 10.8. The van der Waals surface area contributed by atoms with Gasteiger partial charge in [0.1, 0.15) is 5.60 Å². The minimum absolute atomic E-state index is 0.0933. The third kappa shape index (κ3) is 1.91. The summed E-state index contributed by atoms with van der Waals surface area (Å²) in [5.41, 5.74) is -4.81. The highest BCUT2D eigenvalue weighted by Crippen LogP contribution is 2.64. The predicted molar refractivity (Wildman–Crippen MR) is 77.7 cm³/mol. The van der Waals surface area contributed by atoms with Crippen LogP contribution in [0.3, 0.4) is 0 Å². The second kappa shape index (κ2) is 5.24. The summed E-state index contributed by atoms with van der Waals surface area (Å²) in [6, 6.07) is 0. The number of rotatable bonds is 5. The number of aliphatic carboxylic acids is 1. The molecule has 3 rings (SSSR count). The number of hydrogen-bond acceptors (Lipinski definition) is 6. The minimum atomic E-state index is -1.70. The molecule has 3 fully saturated rings. The summed E-state index contributed by atoms with van der Waals surface area (Å²) in [6.45, 7) is 0. The lowest BCUT2D eigenvalue weighted by Crippen LogP contribution is -2.64. The largest absolute Gasteiger partial charge is 0.481 e. The van der Waals surface area contributed by atoms with E-state index in [2.05, 4.69) is 0 Å². The van der Waals surface area contributed by atoms with Crippen LogP contribution >= 0.6 is 0 Å². The van der Waals surface area contributed by atoms with Gasteiger partial charge in [0, 0.05) is 26.4 Å². The highest BCUT2D eigenvalue weighted by atomic mass is 16.7. The summed E-state index contributed by atoms with van der Waals surface area (Å²) in [7, 11) is 1.37. The van der Waals surface area contributed by atoms with Gasteiger partial charge in [0.25, 0.3) is 0 Å². The van der Waals surface area contributed by atoms with E-state index in [1.165, 1.54) is 7.11 Å². The number of fused-ring (bicyclic) bond motifs is 2. The van der Waals surface area contributed by atoms with Crippen molar-refractivity contribution in [1.82, 2.24) is 0 Å². The van der Waals surface area contributed by atoms with Crippen LogP contribution in [0.1, 0.15) is 57.8 Å². The van der Waals surface area contributed by atoms with Crippen molar-refractivity contribution < 1.29 is 34.4 Å². The Kier molecular flexibility index (Phi) is 3.83. The lowest BCUT2D eigenvalue weighted by Gasteiger charge is -2.42. The highest BCUT2D eigenvalue weighted by Gasteiger charge is 2.82. The number of methoxy groups -OCH3 is 1. The molecule has 0 amide bonds. The Bertz CT molecular complexity index is 535. The van der Waals surface area contributed by atoms with Gasteiger partial charge < -0.3 is 24.8 Å². The molecule has 1 saturated heterocycles. The van der Waals surface area contributed by atoms with E-state index in [0.717, 1.165) is 0 Å². The number of carbonyl (C=O) groups is 2. The molecule has 0 aromatic rings. The quantitative estimate of drug-likeness (QED) is 0.682. The lowest BCUT2D eigenvalue weighted by molar-refractivity contribution is -0.293. The van der Waals surface area contributed by atoms with Crippen molar-refractivity contribution >= 4 is 11.8 Å². The molecule has 3 N–H and O–H groups in total. The van der Waals surface area contributed by atoms with E-state index in [4.69, 9.17) is 14.6 Å². The molecule has 2 saturated carbocycles. The molecular weight excluding hydrogens is 304 g/mol. The van der Waals surface area contributed by atoms with E-state index >= 15 is 0 Å². The molecule has 0 radical (unpaired) electrons. The number of carboxylic acids is 1. The molecule has 7 heteroatoms. The van der Waals surface area contributed by atoms with E-state index in [9.17, 15) is 19.8 Å². The second-order valence-electron chi connectivity index (χ2n) is 6.98. The third-order valence-electron chi connectivity index (χ3n) is 6.01. The molecule has 3 aliphatic rings. The molecule has 1 spiro atoms. The van der Waals surface area contributed by atoms with Gasteiger partial charge in [-0.2, -0.15) is 0 Å². The fourth-order valence-electron chi connectivity index (χ4n) is 4.93. The monoisotopic (exact) mass is 328 g/mol.